The van der Waals surface area contributed by atoms with E-state index in [2.05, 4.69) is 46.2 Å². The SMILES string of the molecule is Cc1cccc(CNc2ncnc3c2ncn3[C@@H]2O[C@H](CO)[C@@H](O)[C@H]2O)c1C. The number of rotatable bonds is 5. The number of imidazole rings is 1. The maximum Gasteiger partial charge on any atom is 0.167 e. The van der Waals surface area contributed by atoms with E-state index in [4.69, 9.17) is 4.74 Å². The molecule has 0 radical (unpaired) electrons. The van der Waals surface area contributed by atoms with Gasteiger partial charge < -0.3 is 25.4 Å². The molecule has 4 rings (SSSR count). The summed E-state index contributed by atoms with van der Waals surface area (Å²) in [6, 6.07) is 6.15. The zero-order valence-electron chi connectivity index (χ0n) is 15.6. The molecule has 0 saturated carbocycles. The fourth-order valence-corrected chi connectivity index (χ4v) is 3.46. The number of nitrogens with one attached hydrogen (secondary N) is 1. The lowest BCUT2D eigenvalue weighted by Crippen LogP contribution is -2.33. The fraction of sp³-hybridized carbons (Fsp3) is 0.421. The van der Waals surface area contributed by atoms with Crippen molar-refractivity contribution < 1.29 is 20.1 Å². The summed E-state index contributed by atoms with van der Waals surface area (Å²) in [5.41, 5.74) is 4.60. The standard InChI is InChI=1S/C19H23N5O4/c1-10-4-3-5-12(11(10)2)6-20-17-14-18(22-8-21-17)24(9-23-14)19-16(27)15(26)13(7-25)28-19/h3-5,8-9,13,15-16,19,25-27H,6-7H2,1-2H3,(H,20,21,22)/t13-,15-,16-,19-/m1/s1. The molecule has 0 amide bonds. The Labute approximate surface area is 161 Å². The Morgan fingerprint density at radius 2 is 1.96 bits per heavy atom. The van der Waals surface area contributed by atoms with Crippen LogP contribution < -0.4 is 5.32 Å². The molecule has 28 heavy (non-hydrogen) atoms. The van der Waals surface area contributed by atoms with Gasteiger partial charge in [0.1, 0.15) is 24.6 Å². The van der Waals surface area contributed by atoms with Crippen LogP contribution in [0.3, 0.4) is 0 Å². The third-order valence-electron chi connectivity index (χ3n) is 5.31. The number of fused-ring (bicyclic) bond motifs is 1. The first-order valence-corrected chi connectivity index (χ1v) is 9.10. The zero-order valence-corrected chi connectivity index (χ0v) is 15.6. The van der Waals surface area contributed by atoms with E-state index in [1.54, 1.807) is 4.57 Å². The largest absolute Gasteiger partial charge is 0.394 e. The van der Waals surface area contributed by atoms with Crippen LogP contribution in [0.4, 0.5) is 5.82 Å². The second kappa shape index (κ2) is 7.44. The van der Waals surface area contributed by atoms with E-state index in [9.17, 15) is 15.3 Å². The topological polar surface area (TPSA) is 126 Å². The highest BCUT2D eigenvalue weighted by molar-refractivity contribution is 5.82. The molecule has 1 saturated heterocycles. The van der Waals surface area contributed by atoms with Crippen molar-refractivity contribution in [2.24, 2.45) is 0 Å². The van der Waals surface area contributed by atoms with Crippen molar-refractivity contribution in [1.82, 2.24) is 19.5 Å². The Morgan fingerprint density at radius 3 is 2.71 bits per heavy atom. The predicted octanol–water partition coefficient (Wildman–Crippen LogP) is 0.667. The molecule has 4 atom stereocenters. The fourth-order valence-electron chi connectivity index (χ4n) is 3.46. The molecule has 4 N–H and O–H groups in total. The summed E-state index contributed by atoms with van der Waals surface area (Å²) >= 11 is 0. The van der Waals surface area contributed by atoms with Crippen LogP contribution in [0.5, 0.6) is 0 Å². The first kappa shape index (κ1) is 18.8. The molecule has 1 fully saturated rings. The average molecular weight is 385 g/mol. The number of aliphatic hydroxyl groups is 3. The number of aromatic nitrogens is 4. The monoisotopic (exact) mass is 385 g/mol. The molecule has 148 valence electrons. The van der Waals surface area contributed by atoms with Gasteiger partial charge in [-0.25, -0.2) is 15.0 Å². The Hall–Kier alpha value is -2.59. The molecule has 0 bridgehead atoms. The molecule has 1 aromatic carbocycles. The molecule has 9 nitrogen and oxygen atoms in total. The van der Waals surface area contributed by atoms with Crippen LogP contribution in [0.25, 0.3) is 11.2 Å². The number of anilines is 1. The van der Waals surface area contributed by atoms with E-state index in [1.165, 1.54) is 23.8 Å². The molecule has 1 aliphatic rings. The van der Waals surface area contributed by atoms with E-state index < -0.39 is 24.5 Å². The molecule has 1 aliphatic heterocycles. The van der Waals surface area contributed by atoms with E-state index in [0.29, 0.717) is 23.5 Å². The van der Waals surface area contributed by atoms with Gasteiger partial charge in [-0.2, -0.15) is 0 Å². The van der Waals surface area contributed by atoms with Gasteiger partial charge in [-0.1, -0.05) is 18.2 Å². The van der Waals surface area contributed by atoms with Crippen LogP contribution in [0.1, 0.15) is 22.9 Å². The van der Waals surface area contributed by atoms with Crippen molar-refractivity contribution in [3.63, 3.8) is 0 Å². The second-order valence-corrected chi connectivity index (χ2v) is 6.99. The van der Waals surface area contributed by atoms with Crippen molar-refractivity contribution in [2.75, 3.05) is 11.9 Å². The number of hydrogen-bond donors (Lipinski definition) is 4. The van der Waals surface area contributed by atoms with Crippen molar-refractivity contribution in [2.45, 2.75) is 44.9 Å². The summed E-state index contributed by atoms with van der Waals surface area (Å²) in [6.07, 6.45) is -1.23. The van der Waals surface area contributed by atoms with Gasteiger partial charge in [0.2, 0.25) is 0 Å². The summed E-state index contributed by atoms with van der Waals surface area (Å²) in [5.74, 6) is 0.566. The number of nitrogens with zero attached hydrogens (tertiary/aromatic N) is 4. The van der Waals surface area contributed by atoms with Crippen molar-refractivity contribution in [3.8, 4) is 0 Å². The molecular formula is C19H23N5O4. The van der Waals surface area contributed by atoms with Crippen molar-refractivity contribution in [1.29, 1.82) is 0 Å². The Morgan fingerprint density at radius 1 is 1.14 bits per heavy atom. The Kier molecular flexibility index (Phi) is 4.98. The minimum absolute atomic E-state index is 0.390. The molecule has 9 heteroatoms. The highest BCUT2D eigenvalue weighted by atomic mass is 16.6. The maximum atomic E-state index is 10.3. The molecular weight excluding hydrogens is 362 g/mol. The summed E-state index contributed by atoms with van der Waals surface area (Å²) in [7, 11) is 0. The summed E-state index contributed by atoms with van der Waals surface area (Å²) < 4.78 is 7.12. The van der Waals surface area contributed by atoms with Crippen LogP contribution in [0.15, 0.2) is 30.9 Å². The van der Waals surface area contributed by atoms with Gasteiger partial charge in [0.05, 0.1) is 12.9 Å². The van der Waals surface area contributed by atoms with Gasteiger partial charge in [-0.05, 0) is 30.5 Å². The van der Waals surface area contributed by atoms with E-state index in [0.717, 1.165) is 5.56 Å². The molecule has 0 aliphatic carbocycles. The quantitative estimate of drug-likeness (QED) is 0.505. The van der Waals surface area contributed by atoms with Crippen LogP contribution in [0.2, 0.25) is 0 Å². The van der Waals surface area contributed by atoms with E-state index in [-0.39, 0.29) is 6.61 Å². The number of benzene rings is 1. The lowest BCUT2D eigenvalue weighted by molar-refractivity contribution is -0.0511. The minimum atomic E-state index is -1.20. The van der Waals surface area contributed by atoms with E-state index >= 15 is 0 Å². The molecule has 3 heterocycles. The summed E-state index contributed by atoms with van der Waals surface area (Å²) in [4.78, 5) is 12.9. The zero-order chi connectivity index (χ0) is 19.8. The third kappa shape index (κ3) is 3.12. The lowest BCUT2D eigenvalue weighted by atomic mass is 10.0. The van der Waals surface area contributed by atoms with Crippen LogP contribution in [-0.4, -0.2) is 59.8 Å². The van der Waals surface area contributed by atoms with Crippen LogP contribution >= 0.6 is 0 Å². The third-order valence-corrected chi connectivity index (χ3v) is 5.31. The Balaban J connectivity index is 1.61. The van der Waals surface area contributed by atoms with Gasteiger partial charge in [0.25, 0.3) is 0 Å². The molecule has 2 aromatic heterocycles. The maximum absolute atomic E-state index is 10.3. The lowest BCUT2D eigenvalue weighted by Gasteiger charge is -2.16. The number of aliphatic hydroxyl groups excluding tert-OH is 3. The number of hydrogen-bond acceptors (Lipinski definition) is 8. The minimum Gasteiger partial charge on any atom is -0.394 e. The van der Waals surface area contributed by atoms with Crippen molar-refractivity contribution in [3.05, 3.63) is 47.5 Å². The summed E-state index contributed by atoms with van der Waals surface area (Å²) in [5, 5.41) is 32.9. The molecule has 0 unspecified atom stereocenters. The van der Waals surface area contributed by atoms with Gasteiger partial charge in [-0.3, -0.25) is 4.57 Å². The van der Waals surface area contributed by atoms with Gasteiger partial charge in [0.15, 0.2) is 23.2 Å². The highest BCUT2D eigenvalue weighted by Crippen LogP contribution is 2.32. The molecule has 3 aromatic rings. The van der Waals surface area contributed by atoms with Gasteiger partial charge in [0, 0.05) is 6.54 Å². The van der Waals surface area contributed by atoms with Crippen LogP contribution in [-0.2, 0) is 11.3 Å². The second-order valence-electron chi connectivity index (χ2n) is 6.99. The average Bonchev–Trinajstić information content (AvgIpc) is 3.25. The van der Waals surface area contributed by atoms with Crippen molar-refractivity contribution >= 4 is 17.0 Å². The highest BCUT2D eigenvalue weighted by Gasteiger charge is 2.44. The summed E-state index contributed by atoms with van der Waals surface area (Å²) in [6.45, 7) is 4.35. The first-order chi connectivity index (χ1) is 13.5. The first-order valence-electron chi connectivity index (χ1n) is 9.10. The van der Waals surface area contributed by atoms with Gasteiger partial charge in [-0.15, -0.1) is 0 Å². The smallest absolute Gasteiger partial charge is 0.167 e. The van der Waals surface area contributed by atoms with E-state index in [1.807, 2.05) is 6.07 Å². The molecule has 0 spiro atoms. The van der Waals surface area contributed by atoms with Crippen LogP contribution in [0, 0.1) is 13.8 Å². The number of ether oxygens (including phenoxy) is 1. The normalized spacial score (nSPS) is 24.8. The Bertz CT molecular complexity index is 992. The number of aryl methyl sites for hydroxylation is 1. The predicted molar refractivity (Wildman–Crippen MR) is 102 cm³/mol. The van der Waals surface area contributed by atoms with Gasteiger partial charge >= 0.3 is 0 Å².